The van der Waals surface area contributed by atoms with Gasteiger partial charge in [0.2, 0.25) is 0 Å². The van der Waals surface area contributed by atoms with Gasteiger partial charge in [-0.2, -0.15) is 0 Å². The lowest BCUT2D eigenvalue weighted by Gasteiger charge is -2.22. The second kappa shape index (κ2) is 6.84. The fraction of sp³-hybridized carbons (Fsp3) is 0.0909. The maximum absolute atomic E-state index is 13.4. The number of amides is 1. The molecule has 0 saturated heterocycles. The highest BCUT2D eigenvalue weighted by atomic mass is 16.3. The van der Waals surface area contributed by atoms with Crippen molar-refractivity contribution in [1.82, 2.24) is 4.98 Å². The Balaban J connectivity index is 1.79. The van der Waals surface area contributed by atoms with Gasteiger partial charge in [0.25, 0.3) is 5.91 Å². The van der Waals surface area contributed by atoms with Crippen molar-refractivity contribution in [2.75, 3.05) is 4.90 Å². The molecule has 128 valence electrons. The van der Waals surface area contributed by atoms with Crippen molar-refractivity contribution in [2.45, 2.75) is 13.5 Å². The van der Waals surface area contributed by atoms with E-state index in [1.54, 1.807) is 17.4 Å². The van der Waals surface area contributed by atoms with Crippen LogP contribution in [0.4, 0.5) is 5.69 Å². The summed E-state index contributed by atoms with van der Waals surface area (Å²) in [6.07, 6.45) is 3.33. The van der Waals surface area contributed by atoms with Crippen LogP contribution in [0.15, 0.2) is 83.6 Å². The molecule has 2 heterocycles. The van der Waals surface area contributed by atoms with Crippen molar-refractivity contribution < 1.29 is 9.21 Å². The summed E-state index contributed by atoms with van der Waals surface area (Å²) in [4.78, 5) is 19.6. The Bertz CT molecular complexity index is 1030. The lowest BCUT2D eigenvalue weighted by molar-refractivity contribution is 0.0984. The number of anilines is 1. The van der Waals surface area contributed by atoms with E-state index in [0.717, 1.165) is 22.4 Å². The summed E-state index contributed by atoms with van der Waals surface area (Å²) in [5.74, 6) is 0.627. The highest BCUT2D eigenvalue weighted by molar-refractivity contribution is 6.13. The predicted molar refractivity (Wildman–Crippen MR) is 102 cm³/mol. The Hall–Kier alpha value is -3.40. The van der Waals surface area contributed by atoms with Crippen LogP contribution in [0.25, 0.3) is 10.9 Å². The number of carbonyl (C=O) groups is 1. The van der Waals surface area contributed by atoms with Crippen LogP contribution >= 0.6 is 0 Å². The van der Waals surface area contributed by atoms with E-state index in [0.29, 0.717) is 17.6 Å². The van der Waals surface area contributed by atoms with Crippen molar-refractivity contribution in [3.63, 3.8) is 0 Å². The van der Waals surface area contributed by atoms with Crippen LogP contribution in [-0.2, 0) is 6.54 Å². The SMILES string of the molecule is Cc1ccc(N(Cc2ccco2)C(=O)c2cccc3cccnc23)cc1. The summed E-state index contributed by atoms with van der Waals surface area (Å²) in [5.41, 5.74) is 3.25. The van der Waals surface area contributed by atoms with Crippen LogP contribution in [0.5, 0.6) is 0 Å². The third kappa shape index (κ3) is 3.09. The molecule has 0 radical (unpaired) electrons. The number of aryl methyl sites for hydroxylation is 1. The smallest absolute Gasteiger partial charge is 0.260 e. The first kappa shape index (κ1) is 16.1. The zero-order valence-electron chi connectivity index (χ0n) is 14.4. The third-order valence-electron chi connectivity index (χ3n) is 4.35. The quantitative estimate of drug-likeness (QED) is 0.525. The Morgan fingerprint density at radius 3 is 2.58 bits per heavy atom. The molecule has 0 fully saturated rings. The number of pyridine rings is 1. The van der Waals surface area contributed by atoms with Gasteiger partial charge in [0.05, 0.1) is 23.9 Å². The van der Waals surface area contributed by atoms with Gasteiger partial charge >= 0.3 is 0 Å². The molecule has 26 heavy (non-hydrogen) atoms. The lowest BCUT2D eigenvalue weighted by Crippen LogP contribution is -2.30. The van der Waals surface area contributed by atoms with Gasteiger partial charge in [0, 0.05) is 17.3 Å². The first-order valence-corrected chi connectivity index (χ1v) is 8.47. The summed E-state index contributed by atoms with van der Waals surface area (Å²) >= 11 is 0. The Kier molecular flexibility index (Phi) is 4.23. The van der Waals surface area contributed by atoms with E-state index < -0.39 is 0 Å². The normalized spacial score (nSPS) is 10.8. The zero-order chi connectivity index (χ0) is 17.9. The van der Waals surface area contributed by atoms with E-state index in [1.807, 2.05) is 73.7 Å². The number of hydrogen-bond donors (Lipinski definition) is 0. The molecule has 0 aliphatic heterocycles. The standard InChI is InChI=1S/C22H18N2O2/c1-16-9-11-18(12-10-16)24(15-19-7-4-14-26-19)22(25)20-8-2-5-17-6-3-13-23-21(17)20/h2-14H,15H2,1H3. The molecule has 4 heteroatoms. The molecule has 0 atom stereocenters. The Morgan fingerprint density at radius 1 is 1.00 bits per heavy atom. The Morgan fingerprint density at radius 2 is 1.81 bits per heavy atom. The van der Waals surface area contributed by atoms with Crippen LogP contribution < -0.4 is 4.90 Å². The van der Waals surface area contributed by atoms with E-state index in [-0.39, 0.29) is 5.91 Å². The molecule has 0 aliphatic rings. The van der Waals surface area contributed by atoms with Crippen molar-refractivity contribution in [3.8, 4) is 0 Å². The van der Waals surface area contributed by atoms with Gasteiger partial charge in [-0.15, -0.1) is 0 Å². The molecule has 1 amide bonds. The van der Waals surface area contributed by atoms with Crippen LogP contribution in [0.2, 0.25) is 0 Å². The fourth-order valence-corrected chi connectivity index (χ4v) is 2.99. The van der Waals surface area contributed by atoms with Gasteiger partial charge in [-0.3, -0.25) is 9.78 Å². The molecule has 4 rings (SSSR count). The first-order chi connectivity index (χ1) is 12.7. The highest BCUT2D eigenvalue weighted by Gasteiger charge is 2.21. The number of aromatic nitrogens is 1. The molecular formula is C22H18N2O2. The number of furan rings is 1. The van der Waals surface area contributed by atoms with Crippen molar-refractivity contribution in [1.29, 1.82) is 0 Å². The lowest BCUT2D eigenvalue weighted by atomic mass is 10.1. The summed E-state index contributed by atoms with van der Waals surface area (Å²) in [7, 11) is 0. The van der Waals surface area contributed by atoms with Crippen LogP contribution in [0.3, 0.4) is 0 Å². The number of fused-ring (bicyclic) bond motifs is 1. The maximum Gasteiger partial charge on any atom is 0.260 e. The minimum Gasteiger partial charge on any atom is -0.467 e. The van der Waals surface area contributed by atoms with E-state index in [4.69, 9.17) is 4.42 Å². The minimum atomic E-state index is -0.102. The van der Waals surface area contributed by atoms with Gasteiger partial charge in [-0.1, -0.05) is 35.9 Å². The largest absolute Gasteiger partial charge is 0.467 e. The van der Waals surface area contributed by atoms with Crippen molar-refractivity contribution in [3.05, 3.63) is 96.1 Å². The molecule has 4 nitrogen and oxygen atoms in total. The number of benzene rings is 2. The highest BCUT2D eigenvalue weighted by Crippen LogP contribution is 2.24. The van der Waals surface area contributed by atoms with Gasteiger partial charge < -0.3 is 9.32 Å². The molecule has 0 unspecified atom stereocenters. The van der Waals surface area contributed by atoms with Gasteiger partial charge in [0.15, 0.2) is 0 Å². The van der Waals surface area contributed by atoms with E-state index in [9.17, 15) is 4.79 Å². The number of carbonyl (C=O) groups excluding carboxylic acids is 1. The monoisotopic (exact) mass is 342 g/mol. The predicted octanol–water partition coefficient (Wildman–Crippen LogP) is 4.98. The second-order valence-corrected chi connectivity index (χ2v) is 6.19. The molecule has 2 aromatic heterocycles. The van der Waals surface area contributed by atoms with Crippen LogP contribution in [0, 0.1) is 6.92 Å². The number of para-hydroxylation sites is 1. The second-order valence-electron chi connectivity index (χ2n) is 6.19. The van der Waals surface area contributed by atoms with Gasteiger partial charge in [-0.05, 0) is 43.3 Å². The van der Waals surface area contributed by atoms with Crippen molar-refractivity contribution >= 4 is 22.5 Å². The van der Waals surface area contributed by atoms with Crippen LogP contribution in [-0.4, -0.2) is 10.9 Å². The zero-order valence-corrected chi connectivity index (χ0v) is 14.4. The maximum atomic E-state index is 13.4. The summed E-state index contributed by atoms with van der Waals surface area (Å²) in [6, 6.07) is 21.1. The number of rotatable bonds is 4. The number of nitrogens with zero attached hydrogens (tertiary/aromatic N) is 2. The first-order valence-electron chi connectivity index (χ1n) is 8.47. The van der Waals surface area contributed by atoms with E-state index in [1.165, 1.54) is 0 Å². The topological polar surface area (TPSA) is 46.3 Å². The van der Waals surface area contributed by atoms with Crippen molar-refractivity contribution in [2.24, 2.45) is 0 Å². The van der Waals surface area contributed by atoms with E-state index >= 15 is 0 Å². The summed E-state index contributed by atoms with van der Waals surface area (Å²) < 4.78 is 5.47. The average Bonchev–Trinajstić information content (AvgIpc) is 3.19. The van der Waals surface area contributed by atoms with E-state index in [2.05, 4.69) is 4.98 Å². The summed E-state index contributed by atoms with van der Waals surface area (Å²) in [6.45, 7) is 2.38. The fourth-order valence-electron chi connectivity index (χ4n) is 2.99. The Labute approximate surface area is 151 Å². The van der Waals surface area contributed by atoms with Gasteiger partial charge in [-0.25, -0.2) is 0 Å². The molecule has 0 aliphatic carbocycles. The minimum absolute atomic E-state index is 0.102. The molecule has 0 bridgehead atoms. The molecule has 0 saturated carbocycles. The molecular weight excluding hydrogens is 324 g/mol. The molecule has 0 spiro atoms. The summed E-state index contributed by atoms with van der Waals surface area (Å²) in [5, 5.41) is 0.945. The number of hydrogen-bond acceptors (Lipinski definition) is 3. The third-order valence-corrected chi connectivity index (χ3v) is 4.35. The molecule has 4 aromatic rings. The molecule has 0 N–H and O–H groups in total. The average molecular weight is 342 g/mol. The van der Waals surface area contributed by atoms with Gasteiger partial charge in [0.1, 0.15) is 5.76 Å². The van der Waals surface area contributed by atoms with Crippen LogP contribution in [0.1, 0.15) is 21.7 Å². The molecule has 2 aromatic carbocycles.